The maximum absolute atomic E-state index is 10.4. The number of β-amino-alcohol motifs (C(OH)–C–C–N with tert-alkyl or cyclic N) is 1. The van der Waals surface area contributed by atoms with Crippen molar-refractivity contribution in [1.82, 2.24) is 15.1 Å². The molecule has 2 aliphatic rings. The Bertz CT molecular complexity index is 866. The second-order valence-corrected chi connectivity index (χ2v) is 7.78. The van der Waals surface area contributed by atoms with E-state index >= 15 is 0 Å². The van der Waals surface area contributed by atoms with Crippen LogP contribution in [0.2, 0.25) is 0 Å². The van der Waals surface area contributed by atoms with Crippen LogP contribution in [0.3, 0.4) is 0 Å². The molecule has 0 aromatic carbocycles. The van der Waals surface area contributed by atoms with Gasteiger partial charge in [-0.15, -0.1) is 0 Å². The molecular formula is C17H28N9O3+. The number of hydrazine groups is 1. The van der Waals surface area contributed by atoms with Crippen LogP contribution in [0.15, 0.2) is 4.52 Å². The van der Waals surface area contributed by atoms with Crippen LogP contribution in [0.5, 0.6) is 0 Å². The fourth-order valence-corrected chi connectivity index (χ4v) is 3.62. The van der Waals surface area contributed by atoms with Crippen molar-refractivity contribution in [3.63, 3.8) is 0 Å². The minimum atomic E-state index is -0.771. The van der Waals surface area contributed by atoms with Gasteiger partial charge in [0, 0.05) is 6.42 Å². The maximum atomic E-state index is 10.4. The van der Waals surface area contributed by atoms with Crippen LogP contribution in [-0.4, -0.2) is 65.2 Å². The molecule has 12 nitrogen and oxygen atoms in total. The zero-order valence-electron chi connectivity index (χ0n) is 16.8. The highest BCUT2D eigenvalue weighted by Crippen LogP contribution is 2.33. The SMILES string of the molecule is Cc1noc(CN(N)c2nc(N3CCOCC3)[nH+]c(N3CC[C@](C)(O)C3)c2N)n1. The van der Waals surface area contributed by atoms with Gasteiger partial charge < -0.3 is 25.0 Å². The van der Waals surface area contributed by atoms with Gasteiger partial charge in [-0.3, -0.25) is 9.91 Å². The Hall–Kier alpha value is -2.70. The van der Waals surface area contributed by atoms with Crippen molar-refractivity contribution in [3.8, 4) is 0 Å². The Morgan fingerprint density at radius 1 is 1.24 bits per heavy atom. The third kappa shape index (κ3) is 4.18. The van der Waals surface area contributed by atoms with E-state index < -0.39 is 5.60 Å². The first-order valence-corrected chi connectivity index (χ1v) is 9.67. The number of H-pyrrole nitrogens is 1. The van der Waals surface area contributed by atoms with E-state index in [1.54, 1.807) is 6.92 Å². The van der Waals surface area contributed by atoms with Gasteiger partial charge in [-0.25, -0.2) is 10.8 Å². The molecule has 4 rings (SSSR count). The number of hydrogen-bond acceptors (Lipinski definition) is 11. The number of aryl methyl sites for hydroxylation is 1. The smallest absolute Gasteiger partial charge is 0.349 e. The van der Waals surface area contributed by atoms with Gasteiger partial charge in [-0.05, 0) is 13.8 Å². The fraction of sp³-hybridized carbons (Fsp3) is 0.647. The first-order chi connectivity index (χ1) is 13.8. The Balaban J connectivity index is 1.69. The van der Waals surface area contributed by atoms with E-state index in [1.165, 1.54) is 5.01 Å². The van der Waals surface area contributed by atoms with Crippen molar-refractivity contribution in [2.75, 3.05) is 59.9 Å². The van der Waals surface area contributed by atoms with Crippen LogP contribution in [0.4, 0.5) is 23.3 Å². The lowest BCUT2D eigenvalue weighted by Crippen LogP contribution is -2.43. The average molecular weight is 406 g/mol. The van der Waals surface area contributed by atoms with Gasteiger partial charge in [0.2, 0.25) is 17.5 Å². The maximum Gasteiger partial charge on any atom is 0.349 e. The highest BCUT2D eigenvalue weighted by molar-refractivity contribution is 5.74. The van der Waals surface area contributed by atoms with E-state index in [4.69, 9.17) is 20.8 Å². The molecule has 12 heteroatoms. The Labute approximate surface area is 168 Å². The van der Waals surface area contributed by atoms with Crippen molar-refractivity contribution in [3.05, 3.63) is 11.7 Å². The lowest BCUT2D eigenvalue weighted by molar-refractivity contribution is -0.353. The molecule has 0 radical (unpaired) electrons. The lowest BCUT2D eigenvalue weighted by Gasteiger charge is -2.26. The molecule has 2 aromatic heterocycles. The number of aromatic nitrogens is 4. The summed E-state index contributed by atoms with van der Waals surface area (Å²) in [4.78, 5) is 16.3. The summed E-state index contributed by atoms with van der Waals surface area (Å²) >= 11 is 0. The number of aliphatic hydroxyl groups is 1. The molecule has 1 atom stereocenters. The van der Waals surface area contributed by atoms with E-state index in [0.29, 0.717) is 80.8 Å². The number of nitrogens with one attached hydrogen (secondary N) is 1. The number of aromatic amines is 1. The van der Waals surface area contributed by atoms with Gasteiger partial charge in [0.25, 0.3) is 0 Å². The molecule has 2 aromatic rings. The Morgan fingerprint density at radius 2 is 2.00 bits per heavy atom. The zero-order chi connectivity index (χ0) is 20.6. The van der Waals surface area contributed by atoms with Crippen LogP contribution < -0.4 is 31.4 Å². The summed E-state index contributed by atoms with van der Waals surface area (Å²) in [5.74, 6) is 8.94. The molecule has 0 spiro atoms. The Kier molecular flexibility index (Phi) is 5.15. The van der Waals surface area contributed by atoms with Crippen LogP contribution in [0, 0.1) is 6.92 Å². The second kappa shape index (κ2) is 7.61. The standard InChI is InChI=1S/C17H27N9O3/c1-11-20-12(29-23-11)9-26(19)15-13(18)14(25-4-3-17(2,27)10-25)21-16(22-15)24-5-7-28-8-6-24/h27H,3-10,18-19H2,1-2H3/p+1/t17-/m0/s1. The van der Waals surface area contributed by atoms with Crippen LogP contribution in [0.1, 0.15) is 25.1 Å². The van der Waals surface area contributed by atoms with Crippen molar-refractivity contribution in [2.24, 2.45) is 5.84 Å². The van der Waals surface area contributed by atoms with E-state index in [0.717, 1.165) is 0 Å². The third-order valence-corrected chi connectivity index (χ3v) is 5.16. The molecule has 6 N–H and O–H groups in total. The van der Waals surface area contributed by atoms with Crippen molar-refractivity contribution in [1.29, 1.82) is 0 Å². The summed E-state index contributed by atoms with van der Waals surface area (Å²) in [5, 5.41) is 15.6. The molecule has 29 heavy (non-hydrogen) atoms. The van der Waals surface area contributed by atoms with E-state index in [2.05, 4.69) is 25.0 Å². The number of morpholine rings is 1. The van der Waals surface area contributed by atoms with Gasteiger partial charge in [0.15, 0.2) is 11.5 Å². The van der Waals surface area contributed by atoms with E-state index in [-0.39, 0.29) is 6.54 Å². The van der Waals surface area contributed by atoms with Crippen LogP contribution >= 0.6 is 0 Å². The highest BCUT2D eigenvalue weighted by atomic mass is 16.5. The summed E-state index contributed by atoms with van der Waals surface area (Å²) in [5.41, 5.74) is 6.09. The summed E-state index contributed by atoms with van der Waals surface area (Å²) in [6.07, 6.45) is 0.651. The zero-order valence-corrected chi connectivity index (χ0v) is 16.8. The molecule has 2 aliphatic heterocycles. The first kappa shape index (κ1) is 19.6. The number of nitrogen functional groups attached to an aromatic ring is 1. The number of rotatable bonds is 5. The van der Waals surface area contributed by atoms with Gasteiger partial charge in [-0.2, -0.15) is 4.98 Å². The van der Waals surface area contributed by atoms with E-state index in [9.17, 15) is 5.11 Å². The monoisotopic (exact) mass is 406 g/mol. The summed E-state index contributed by atoms with van der Waals surface area (Å²) < 4.78 is 10.6. The van der Waals surface area contributed by atoms with Crippen LogP contribution in [-0.2, 0) is 11.3 Å². The molecule has 4 heterocycles. The molecule has 0 unspecified atom stereocenters. The third-order valence-electron chi connectivity index (χ3n) is 5.16. The minimum absolute atomic E-state index is 0.168. The number of hydrogen-bond donors (Lipinski definition) is 3. The Morgan fingerprint density at radius 3 is 2.62 bits per heavy atom. The minimum Gasteiger partial charge on any atom is -0.390 e. The highest BCUT2D eigenvalue weighted by Gasteiger charge is 2.37. The quantitative estimate of drug-likeness (QED) is 0.406. The fourth-order valence-electron chi connectivity index (χ4n) is 3.62. The molecule has 2 fully saturated rings. The lowest BCUT2D eigenvalue weighted by atomic mass is 10.1. The molecule has 0 aliphatic carbocycles. The number of nitrogens with two attached hydrogens (primary N) is 2. The van der Waals surface area contributed by atoms with Gasteiger partial charge in [0.05, 0.1) is 45.0 Å². The molecule has 158 valence electrons. The number of anilines is 4. The predicted octanol–water partition coefficient (Wildman–Crippen LogP) is -1.15. The molecule has 0 saturated carbocycles. The average Bonchev–Trinajstić information content (AvgIpc) is 3.27. The number of nitrogens with zero attached hydrogens (tertiary/aromatic N) is 6. The normalized spacial score (nSPS) is 22.3. The van der Waals surface area contributed by atoms with Crippen molar-refractivity contribution in [2.45, 2.75) is 32.4 Å². The second-order valence-electron chi connectivity index (χ2n) is 7.78. The van der Waals surface area contributed by atoms with Crippen molar-refractivity contribution < 1.29 is 19.4 Å². The molecule has 0 amide bonds. The van der Waals surface area contributed by atoms with E-state index in [1.807, 2.05) is 11.8 Å². The summed E-state index contributed by atoms with van der Waals surface area (Å²) in [6, 6.07) is 0. The van der Waals surface area contributed by atoms with Crippen molar-refractivity contribution >= 4 is 23.3 Å². The molecular weight excluding hydrogens is 378 g/mol. The van der Waals surface area contributed by atoms with Gasteiger partial charge >= 0.3 is 5.95 Å². The summed E-state index contributed by atoms with van der Waals surface area (Å²) in [7, 11) is 0. The largest absolute Gasteiger partial charge is 0.390 e. The van der Waals surface area contributed by atoms with Gasteiger partial charge in [-0.1, -0.05) is 10.1 Å². The topological polar surface area (TPSA) is 157 Å². The summed E-state index contributed by atoms with van der Waals surface area (Å²) in [6.45, 7) is 7.53. The van der Waals surface area contributed by atoms with Crippen LogP contribution in [0.25, 0.3) is 0 Å². The first-order valence-electron chi connectivity index (χ1n) is 9.67. The van der Waals surface area contributed by atoms with Gasteiger partial charge in [0.1, 0.15) is 6.54 Å². The molecule has 2 saturated heterocycles. The number of ether oxygens (including phenoxy) is 1. The molecule has 0 bridgehead atoms. The predicted molar refractivity (Wildman–Crippen MR) is 105 cm³/mol.